The maximum atomic E-state index is 12.1. The van der Waals surface area contributed by atoms with Gasteiger partial charge in [0.15, 0.2) is 0 Å². The van der Waals surface area contributed by atoms with E-state index in [-0.39, 0.29) is 4.90 Å². The first-order chi connectivity index (χ1) is 8.55. The molecular weight excluding hydrogens is 252 g/mol. The molecule has 102 valence electrons. The summed E-state index contributed by atoms with van der Waals surface area (Å²) in [6.45, 7) is 2.94. The molecule has 0 saturated heterocycles. The Hall–Kier alpha value is -1.11. The van der Waals surface area contributed by atoms with Crippen LogP contribution >= 0.6 is 0 Å². The molecule has 0 aromatic heterocycles. The fraction of sp³-hybridized carbons (Fsp3) is 0.500. The molecule has 0 bridgehead atoms. The van der Waals surface area contributed by atoms with E-state index in [2.05, 4.69) is 10.0 Å². The molecule has 5 nitrogen and oxygen atoms in total. The molecule has 0 fully saturated rings. The molecule has 0 saturated carbocycles. The summed E-state index contributed by atoms with van der Waals surface area (Å²) < 4.78 is 31.9. The van der Waals surface area contributed by atoms with Gasteiger partial charge in [-0.15, -0.1) is 0 Å². The zero-order valence-corrected chi connectivity index (χ0v) is 11.8. The van der Waals surface area contributed by atoms with Gasteiger partial charge >= 0.3 is 0 Å². The molecule has 0 aliphatic heterocycles. The molecule has 1 aromatic rings. The Morgan fingerprint density at radius 2 is 2.06 bits per heavy atom. The molecule has 1 rings (SSSR count). The van der Waals surface area contributed by atoms with E-state index in [1.807, 2.05) is 20.0 Å². The van der Waals surface area contributed by atoms with Crippen LogP contribution in [0.15, 0.2) is 23.1 Å². The number of hydrogen-bond acceptors (Lipinski definition) is 4. The van der Waals surface area contributed by atoms with Crippen molar-refractivity contribution in [2.24, 2.45) is 0 Å². The lowest BCUT2D eigenvalue weighted by molar-refractivity contribution is 0.402. The molecule has 0 aliphatic rings. The van der Waals surface area contributed by atoms with E-state index in [0.29, 0.717) is 18.8 Å². The Morgan fingerprint density at radius 3 is 2.61 bits per heavy atom. The van der Waals surface area contributed by atoms with E-state index < -0.39 is 10.0 Å². The van der Waals surface area contributed by atoms with Crippen LogP contribution in [-0.4, -0.2) is 29.1 Å². The lowest BCUT2D eigenvalue weighted by atomic mass is 10.2. The van der Waals surface area contributed by atoms with Crippen molar-refractivity contribution in [3.05, 3.63) is 23.8 Å². The molecule has 2 N–H and O–H groups in total. The highest BCUT2D eigenvalue weighted by Gasteiger charge is 2.19. The number of nitrogens with one attached hydrogen (secondary N) is 2. The van der Waals surface area contributed by atoms with E-state index >= 15 is 0 Å². The second-order valence-electron chi connectivity index (χ2n) is 3.91. The van der Waals surface area contributed by atoms with Crippen molar-refractivity contribution in [2.45, 2.75) is 24.8 Å². The SMILES string of the molecule is CCCNS(=O)(=O)c1cc(CNC)ccc1OC. The first kappa shape index (κ1) is 14.9. The number of benzene rings is 1. The third-order valence-corrected chi connectivity index (χ3v) is 3.92. The quantitative estimate of drug-likeness (QED) is 0.780. The molecule has 0 heterocycles. The molecule has 0 spiro atoms. The number of methoxy groups -OCH3 is 1. The molecule has 0 aliphatic carbocycles. The number of hydrogen-bond donors (Lipinski definition) is 2. The summed E-state index contributed by atoms with van der Waals surface area (Å²) in [7, 11) is -0.231. The Balaban J connectivity index is 3.14. The third-order valence-electron chi connectivity index (χ3n) is 2.44. The normalized spacial score (nSPS) is 11.5. The van der Waals surface area contributed by atoms with Gasteiger partial charge in [0, 0.05) is 13.1 Å². The largest absolute Gasteiger partial charge is 0.495 e. The van der Waals surface area contributed by atoms with Crippen LogP contribution < -0.4 is 14.8 Å². The molecule has 0 unspecified atom stereocenters. The fourth-order valence-electron chi connectivity index (χ4n) is 1.56. The van der Waals surface area contributed by atoms with Crippen molar-refractivity contribution in [1.82, 2.24) is 10.0 Å². The second-order valence-corrected chi connectivity index (χ2v) is 5.65. The monoisotopic (exact) mass is 272 g/mol. The Kier molecular flexibility index (Phi) is 5.58. The van der Waals surface area contributed by atoms with E-state index in [4.69, 9.17) is 4.74 Å². The summed E-state index contributed by atoms with van der Waals surface area (Å²) in [5, 5.41) is 2.99. The summed E-state index contributed by atoms with van der Waals surface area (Å²) in [5.41, 5.74) is 0.898. The van der Waals surface area contributed by atoms with E-state index in [9.17, 15) is 8.42 Å². The van der Waals surface area contributed by atoms with Gasteiger partial charge in [-0.05, 0) is 31.2 Å². The maximum absolute atomic E-state index is 12.1. The fourth-order valence-corrected chi connectivity index (χ4v) is 2.91. The van der Waals surface area contributed by atoms with Gasteiger partial charge in [0.05, 0.1) is 7.11 Å². The van der Waals surface area contributed by atoms with E-state index in [0.717, 1.165) is 12.0 Å². The van der Waals surface area contributed by atoms with Crippen molar-refractivity contribution >= 4 is 10.0 Å². The smallest absolute Gasteiger partial charge is 0.244 e. The van der Waals surface area contributed by atoms with Crippen LogP contribution in [0.4, 0.5) is 0 Å². The number of ether oxygens (including phenoxy) is 1. The topological polar surface area (TPSA) is 67.4 Å². The van der Waals surface area contributed by atoms with Crippen LogP contribution in [0.5, 0.6) is 5.75 Å². The average Bonchev–Trinajstić information content (AvgIpc) is 2.37. The highest BCUT2D eigenvalue weighted by Crippen LogP contribution is 2.24. The lowest BCUT2D eigenvalue weighted by Gasteiger charge is -2.12. The standard InChI is InChI=1S/C12H20N2O3S/c1-4-7-14-18(15,16)12-8-10(9-13-2)5-6-11(12)17-3/h5-6,8,13-14H,4,7,9H2,1-3H3. The van der Waals surface area contributed by atoms with Gasteiger partial charge in [0.2, 0.25) is 10.0 Å². The van der Waals surface area contributed by atoms with E-state index in [1.54, 1.807) is 12.1 Å². The average molecular weight is 272 g/mol. The highest BCUT2D eigenvalue weighted by atomic mass is 32.2. The molecule has 0 radical (unpaired) electrons. The van der Waals surface area contributed by atoms with Gasteiger partial charge in [-0.1, -0.05) is 13.0 Å². The van der Waals surface area contributed by atoms with Crippen molar-refractivity contribution in [1.29, 1.82) is 0 Å². The third kappa shape index (κ3) is 3.69. The number of sulfonamides is 1. The highest BCUT2D eigenvalue weighted by molar-refractivity contribution is 7.89. The Labute approximate surface area is 109 Å². The lowest BCUT2D eigenvalue weighted by Crippen LogP contribution is -2.25. The summed E-state index contributed by atoms with van der Waals surface area (Å²) >= 11 is 0. The van der Waals surface area contributed by atoms with Gasteiger partial charge in [0.25, 0.3) is 0 Å². The van der Waals surface area contributed by atoms with Crippen molar-refractivity contribution in [3.63, 3.8) is 0 Å². The van der Waals surface area contributed by atoms with Gasteiger partial charge in [-0.3, -0.25) is 0 Å². The van der Waals surface area contributed by atoms with Crippen LogP contribution in [0.25, 0.3) is 0 Å². The summed E-state index contributed by atoms with van der Waals surface area (Å²) in [6, 6.07) is 5.15. The van der Waals surface area contributed by atoms with Gasteiger partial charge in [-0.2, -0.15) is 0 Å². The van der Waals surface area contributed by atoms with Crippen LogP contribution in [0.2, 0.25) is 0 Å². The zero-order chi connectivity index (χ0) is 13.6. The first-order valence-electron chi connectivity index (χ1n) is 5.86. The summed E-state index contributed by atoms with van der Waals surface area (Å²) in [4.78, 5) is 0.186. The molecular formula is C12H20N2O3S. The molecule has 0 amide bonds. The molecule has 0 atom stereocenters. The summed E-state index contributed by atoms with van der Waals surface area (Å²) in [6.07, 6.45) is 0.748. The van der Waals surface area contributed by atoms with Gasteiger partial charge in [0.1, 0.15) is 10.6 Å². The van der Waals surface area contributed by atoms with Crippen molar-refractivity contribution < 1.29 is 13.2 Å². The Morgan fingerprint density at radius 1 is 1.33 bits per heavy atom. The van der Waals surface area contributed by atoms with Crippen molar-refractivity contribution in [2.75, 3.05) is 20.7 Å². The predicted octanol–water partition coefficient (Wildman–Crippen LogP) is 1.10. The molecule has 18 heavy (non-hydrogen) atoms. The zero-order valence-electron chi connectivity index (χ0n) is 11.0. The minimum atomic E-state index is -3.51. The van der Waals surface area contributed by atoms with Gasteiger partial charge < -0.3 is 10.1 Å². The van der Waals surface area contributed by atoms with Gasteiger partial charge in [-0.25, -0.2) is 13.1 Å². The maximum Gasteiger partial charge on any atom is 0.244 e. The molecule has 1 aromatic carbocycles. The van der Waals surface area contributed by atoms with Crippen molar-refractivity contribution in [3.8, 4) is 5.75 Å². The second kappa shape index (κ2) is 6.72. The van der Waals surface area contributed by atoms with Crippen LogP contribution in [-0.2, 0) is 16.6 Å². The summed E-state index contributed by atoms with van der Waals surface area (Å²) in [5.74, 6) is 0.360. The predicted molar refractivity (Wildman–Crippen MR) is 71.2 cm³/mol. The van der Waals surface area contributed by atoms with Crippen LogP contribution in [0.1, 0.15) is 18.9 Å². The number of rotatable bonds is 7. The van der Waals surface area contributed by atoms with Crippen LogP contribution in [0.3, 0.4) is 0 Å². The minimum Gasteiger partial charge on any atom is -0.495 e. The van der Waals surface area contributed by atoms with E-state index in [1.165, 1.54) is 7.11 Å². The van der Waals surface area contributed by atoms with Crippen LogP contribution in [0, 0.1) is 0 Å². The Bertz CT molecular complexity index is 486. The molecule has 6 heteroatoms. The first-order valence-corrected chi connectivity index (χ1v) is 7.34. The minimum absolute atomic E-state index is 0.186.